The Kier molecular flexibility index (Phi) is 6.23. The summed E-state index contributed by atoms with van der Waals surface area (Å²) in [6.07, 6.45) is 0.853. The first-order valence-corrected chi connectivity index (χ1v) is 6.72. The molecule has 0 bridgehead atoms. The summed E-state index contributed by atoms with van der Waals surface area (Å²) in [7, 11) is 0. The first-order valence-electron chi connectivity index (χ1n) is 6.34. The van der Waals surface area contributed by atoms with Crippen LogP contribution >= 0.6 is 11.6 Å². The summed E-state index contributed by atoms with van der Waals surface area (Å²) in [5.41, 5.74) is 2.29. The summed E-state index contributed by atoms with van der Waals surface area (Å²) in [5.74, 6) is 0.741. The molecule has 0 saturated heterocycles. The molecule has 1 unspecified atom stereocenters. The van der Waals surface area contributed by atoms with Crippen molar-refractivity contribution in [1.29, 1.82) is 0 Å². The van der Waals surface area contributed by atoms with Gasteiger partial charge in [-0.2, -0.15) is 0 Å². The van der Waals surface area contributed by atoms with Gasteiger partial charge in [-0.05, 0) is 38.1 Å². The smallest absolute Gasteiger partial charge is 0.137 e. The molecule has 1 rings (SSSR count). The summed E-state index contributed by atoms with van der Waals surface area (Å²) in [5, 5.41) is 4.02. The van der Waals surface area contributed by atoms with Crippen LogP contribution in [0.4, 0.5) is 0 Å². The summed E-state index contributed by atoms with van der Waals surface area (Å²) >= 11 is 6.21. The van der Waals surface area contributed by atoms with Crippen molar-refractivity contribution in [2.75, 3.05) is 13.2 Å². The molecule has 1 N–H and O–H groups in total. The average molecular weight is 268 g/mol. The van der Waals surface area contributed by atoms with Gasteiger partial charge in [-0.15, -0.1) is 6.58 Å². The SMILES string of the molecule is C=C(C)CCOc1ccc(C(C)NCC)cc1Cl. The molecule has 0 aliphatic rings. The Morgan fingerprint density at radius 1 is 1.50 bits per heavy atom. The predicted octanol–water partition coefficient (Wildman–Crippen LogP) is 4.36. The topological polar surface area (TPSA) is 21.3 Å². The fourth-order valence-corrected chi connectivity index (χ4v) is 1.91. The van der Waals surface area contributed by atoms with Crippen LogP contribution in [0.3, 0.4) is 0 Å². The third-order valence-electron chi connectivity index (χ3n) is 2.75. The lowest BCUT2D eigenvalue weighted by Gasteiger charge is -2.15. The van der Waals surface area contributed by atoms with Crippen LogP contribution < -0.4 is 10.1 Å². The van der Waals surface area contributed by atoms with E-state index in [2.05, 4.69) is 31.8 Å². The van der Waals surface area contributed by atoms with Gasteiger partial charge in [0.2, 0.25) is 0 Å². The van der Waals surface area contributed by atoms with E-state index in [-0.39, 0.29) is 0 Å². The van der Waals surface area contributed by atoms with Crippen molar-refractivity contribution >= 4 is 11.6 Å². The van der Waals surface area contributed by atoms with Gasteiger partial charge in [-0.25, -0.2) is 0 Å². The third kappa shape index (κ3) is 4.71. The number of halogens is 1. The molecule has 0 aliphatic carbocycles. The molecule has 0 amide bonds. The van der Waals surface area contributed by atoms with Crippen LogP contribution in [0, 0.1) is 0 Å². The highest BCUT2D eigenvalue weighted by molar-refractivity contribution is 6.32. The molecular weight excluding hydrogens is 246 g/mol. The highest BCUT2D eigenvalue weighted by Gasteiger charge is 2.07. The first kappa shape index (κ1) is 15.1. The van der Waals surface area contributed by atoms with Crippen molar-refractivity contribution in [2.24, 2.45) is 0 Å². The van der Waals surface area contributed by atoms with Gasteiger partial charge in [0.1, 0.15) is 5.75 Å². The number of rotatable bonds is 7. The minimum Gasteiger partial charge on any atom is -0.492 e. The largest absolute Gasteiger partial charge is 0.492 e. The second-order valence-electron chi connectivity index (χ2n) is 4.52. The minimum atomic E-state index is 0.303. The quantitative estimate of drug-likeness (QED) is 0.742. The van der Waals surface area contributed by atoms with Gasteiger partial charge in [0, 0.05) is 12.5 Å². The highest BCUT2D eigenvalue weighted by Crippen LogP contribution is 2.28. The molecule has 0 aromatic heterocycles. The highest BCUT2D eigenvalue weighted by atomic mass is 35.5. The zero-order chi connectivity index (χ0) is 13.5. The maximum absolute atomic E-state index is 6.21. The zero-order valence-electron chi connectivity index (χ0n) is 11.4. The van der Waals surface area contributed by atoms with Crippen molar-refractivity contribution in [2.45, 2.75) is 33.2 Å². The summed E-state index contributed by atoms with van der Waals surface area (Å²) in [4.78, 5) is 0. The van der Waals surface area contributed by atoms with E-state index < -0.39 is 0 Å². The monoisotopic (exact) mass is 267 g/mol. The van der Waals surface area contributed by atoms with E-state index in [1.54, 1.807) is 0 Å². The van der Waals surface area contributed by atoms with Crippen molar-refractivity contribution in [3.05, 3.63) is 40.9 Å². The molecule has 100 valence electrons. The summed E-state index contributed by atoms with van der Waals surface area (Å²) < 4.78 is 5.63. The van der Waals surface area contributed by atoms with Crippen LogP contribution in [0.25, 0.3) is 0 Å². The molecule has 0 aliphatic heterocycles. The Bertz CT molecular complexity index is 403. The van der Waals surface area contributed by atoms with E-state index in [9.17, 15) is 0 Å². The van der Waals surface area contributed by atoms with Crippen LogP contribution in [0.1, 0.15) is 38.8 Å². The molecule has 1 atom stereocenters. The van der Waals surface area contributed by atoms with Gasteiger partial charge in [0.05, 0.1) is 11.6 Å². The zero-order valence-corrected chi connectivity index (χ0v) is 12.2. The maximum atomic E-state index is 6.21. The number of hydrogen-bond donors (Lipinski definition) is 1. The van der Waals surface area contributed by atoms with Gasteiger partial charge < -0.3 is 10.1 Å². The third-order valence-corrected chi connectivity index (χ3v) is 3.05. The molecule has 0 fully saturated rings. The lowest BCUT2D eigenvalue weighted by Crippen LogP contribution is -2.17. The van der Waals surface area contributed by atoms with Gasteiger partial charge in [-0.1, -0.05) is 30.2 Å². The second-order valence-corrected chi connectivity index (χ2v) is 4.93. The molecule has 0 heterocycles. The molecule has 18 heavy (non-hydrogen) atoms. The Labute approximate surface area is 115 Å². The Morgan fingerprint density at radius 2 is 2.22 bits per heavy atom. The molecule has 3 heteroatoms. The van der Waals surface area contributed by atoms with Gasteiger partial charge >= 0.3 is 0 Å². The van der Waals surface area contributed by atoms with Crippen molar-refractivity contribution in [3.8, 4) is 5.75 Å². The van der Waals surface area contributed by atoms with Crippen molar-refractivity contribution < 1.29 is 4.74 Å². The van der Waals surface area contributed by atoms with Crippen molar-refractivity contribution in [3.63, 3.8) is 0 Å². The van der Waals surface area contributed by atoms with Crippen molar-refractivity contribution in [1.82, 2.24) is 5.32 Å². The van der Waals surface area contributed by atoms with Gasteiger partial charge in [0.25, 0.3) is 0 Å². The summed E-state index contributed by atoms with van der Waals surface area (Å²) in [6.45, 7) is 11.6. The molecule has 0 spiro atoms. The second kappa shape index (κ2) is 7.45. The normalized spacial score (nSPS) is 12.2. The molecule has 1 aromatic rings. The van der Waals surface area contributed by atoms with E-state index in [4.69, 9.17) is 16.3 Å². The van der Waals surface area contributed by atoms with Gasteiger partial charge in [-0.3, -0.25) is 0 Å². The van der Waals surface area contributed by atoms with Crippen LogP contribution in [0.2, 0.25) is 5.02 Å². The molecule has 0 radical (unpaired) electrons. The molecule has 1 aromatic carbocycles. The lowest BCUT2D eigenvalue weighted by atomic mass is 10.1. The Morgan fingerprint density at radius 3 is 2.78 bits per heavy atom. The van der Waals surface area contributed by atoms with Crippen LogP contribution in [0.5, 0.6) is 5.75 Å². The summed E-state index contributed by atoms with van der Waals surface area (Å²) in [6, 6.07) is 6.25. The predicted molar refractivity (Wildman–Crippen MR) is 78.5 cm³/mol. The molecule has 0 saturated carbocycles. The van der Waals surface area contributed by atoms with Crippen LogP contribution in [-0.2, 0) is 0 Å². The van der Waals surface area contributed by atoms with E-state index >= 15 is 0 Å². The fraction of sp³-hybridized carbons (Fsp3) is 0.467. The van der Waals surface area contributed by atoms with E-state index in [0.717, 1.165) is 24.3 Å². The van der Waals surface area contributed by atoms with E-state index in [0.29, 0.717) is 17.7 Å². The molecular formula is C15H22ClNO. The standard InChI is InChI=1S/C15H22ClNO/c1-5-17-12(4)13-6-7-15(14(16)10-13)18-9-8-11(2)3/h6-7,10,12,17H,2,5,8-9H2,1,3-4H3. The Balaban J connectivity index is 2.64. The van der Waals surface area contributed by atoms with E-state index in [1.807, 2.05) is 19.1 Å². The Hall–Kier alpha value is -0.990. The van der Waals surface area contributed by atoms with Crippen LogP contribution in [-0.4, -0.2) is 13.2 Å². The van der Waals surface area contributed by atoms with Crippen LogP contribution in [0.15, 0.2) is 30.4 Å². The number of hydrogen-bond acceptors (Lipinski definition) is 2. The minimum absolute atomic E-state index is 0.303. The average Bonchev–Trinajstić information content (AvgIpc) is 2.31. The fourth-order valence-electron chi connectivity index (χ4n) is 1.66. The number of ether oxygens (including phenoxy) is 1. The molecule has 2 nitrogen and oxygen atoms in total. The lowest BCUT2D eigenvalue weighted by molar-refractivity contribution is 0.322. The van der Waals surface area contributed by atoms with E-state index in [1.165, 1.54) is 5.56 Å². The van der Waals surface area contributed by atoms with Gasteiger partial charge in [0.15, 0.2) is 0 Å². The first-order chi connectivity index (χ1) is 8.54. The maximum Gasteiger partial charge on any atom is 0.137 e. The number of benzene rings is 1. The number of nitrogens with one attached hydrogen (secondary N) is 1.